The lowest BCUT2D eigenvalue weighted by Gasteiger charge is -2.07. The first kappa shape index (κ1) is 23.4. The summed E-state index contributed by atoms with van der Waals surface area (Å²) in [7, 11) is 0. The third-order valence-electron chi connectivity index (χ3n) is 4.61. The first-order chi connectivity index (χ1) is 14.2. The van der Waals surface area contributed by atoms with Gasteiger partial charge in [-0.2, -0.15) is 5.10 Å². The molecule has 4 nitrogen and oxygen atoms in total. The molecule has 0 aliphatic rings. The van der Waals surface area contributed by atoms with Crippen LogP contribution in [0.4, 0.5) is 0 Å². The number of nitrogens with zero attached hydrogens (tertiary/aromatic N) is 1. The lowest BCUT2D eigenvalue weighted by Crippen LogP contribution is -2.17. The lowest BCUT2D eigenvalue weighted by atomic mass is 10.1. The highest BCUT2D eigenvalue weighted by atomic mass is 127. The van der Waals surface area contributed by atoms with Crippen LogP contribution < -0.4 is 10.2 Å². The highest BCUT2D eigenvalue weighted by molar-refractivity contribution is 14.1. The monoisotopic (exact) mass is 506 g/mol. The Bertz CT molecular complexity index is 760. The highest BCUT2D eigenvalue weighted by Crippen LogP contribution is 2.14. The van der Waals surface area contributed by atoms with Gasteiger partial charge in [0.25, 0.3) is 5.91 Å². The minimum absolute atomic E-state index is 0.235. The second-order valence-electron chi connectivity index (χ2n) is 7.10. The predicted molar refractivity (Wildman–Crippen MR) is 129 cm³/mol. The van der Waals surface area contributed by atoms with Crippen molar-refractivity contribution in [3.05, 3.63) is 63.2 Å². The second-order valence-corrected chi connectivity index (χ2v) is 8.35. The molecule has 2 aromatic rings. The molecular formula is C24H31IN2O2. The van der Waals surface area contributed by atoms with E-state index in [-0.39, 0.29) is 5.91 Å². The van der Waals surface area contributed by atoms with E-state index in [9.17, 15) is 4.79 Å². The normalized spacial score (nSPS) is 11.0. The minimum atomic E-state index is -0.235. The van der Waals surface area contributed by atoms with Crippen molar-refractivity contribution in [1.82, 2.24) is 5.43 Å². The van der Waals surface area contributed by atoms with Crippen molar-refractivity contribution in [2.75, 3.05) is 6.61 Å². The molecule has 2 rings (SSSR count). The maximum absolute atomic E-state index is 12.2. The fourth-order valence-electron chi connectivity index (χ4n) is 2.95. The van der Waals surface area contributed by atoms with Gasteiger partial charge >= 0.3 is 0 Å². The molecule has 1 N–H and O–H groups in total. The Balaban J connectivity index is 1.64. The van der Waals surface area contributed by atoms with Gasteiger partial charge in [0.2, 0.25) is 0 Å². The molecule has 1 amide bonds. The van der Waals surface area contributed by atoms with Crippen LogP contribution in [0.25, 0.3) is 0 Å². The van der Waals surface area contributed by atoms with Crippen molar-refractivity contribution in [3.63, 3.8) is 0 Å². The van der Waals surface area contributed by atoms with E-state index in [1.54, 1.807) is 18.3 Å². The quantitative estimate of drug-likeness (QED) is 0.145. The van der Waals surface area contributed by atoms with Crippen LogP contribution in [0, 0.1) is 3.57 Å². The molecule has 0 saturated carbocycles. The molecule has 2 aromatic carbocycles. The Hall–Kier alpha value is -1.89. The van der Waals surface area contributed by atoms with Crippen LogP contribution in [0.15, 0.2) is 53.6 Å². The third-order valence-corrected chi connectivity index (χ3v) is 5.28. The van der Waals surface area contributed by atoms with Gasteiger partial charge in [-0.3, -0.25) is 4.79 Å². The summed E-state index contributed by atoms with van der Waals surface area (Å²) in [5, 5.41) is 4.02. The number of hydrogen-bond donors (Lipinski definition) is 1. The Kier molecular flexibility index (Phi) is 11.4. The SMILES string of the molecule is CCCCCCCCCCOc1ccc(C(=O)NN=Cc2cccc(I)c2)cc1. The fourth-order valence-corrected chi connectivity index (χ4v) is 3.51. The standard InChI is InChI=1S/C24H31IN2O2/c1-2-3-4-5-6-7-8-9-17-29-23-15-13-21(14-16-23)24(28)27-26-19-20-11-10-12-22(25)18-20/h10-16,18-19H,2-9,17H2,1H3,(H,27,28). The molecule has 0 saturated heterocycles. The summed E-state index contributed by atoms with van der Waals surface area (Å²) in [6, 6.07) is 15.1. The molecule has 5 heteroatoms. The number of carbonyl (C=O) groups excluding carboxylic acids is 1. The molecule has 0 aromatic heterocycles. The number of carbonyl (C=O) groups is 1. The maximum atomic E-state index is 12.2. The number of unbranched alkanes of at least 4 members (excludes halogenated alkanes) is 7. The summed E-state index contributed by atoms with van der Waals surface area (Å²) in [5.41, 5.74) is 4.06. The van der Waals surface area contributed by atoms with Crippen LogP contribution in [-0.4, -0.2) is 18.7 Å². The van der Waals surface area contributed by atoms with Gasteiger partial charge in [-0.1, -0.05) is 64.0 Å². The van der Waals surface area contributed by atoms with Crippen molar-refractivity contribution < 1.29 is 9.53 Å². The van der Waals surface area contributed by atoms with Gasteiger partial charge < -0.3 is 4.74 Å². The van der Waals surface area contributed by atoms with E-state index in [1.165, 1.54) is 44.9 Å². The van der Waals surface area contributed by atoms with Gasteiger partial charge in [-0.05, 0) is 71.0 Å². The molecule has 0 radical (unpaired) electrons. The topological polar surface area (TPSA) is 50.7 Å². The summed E-state index contributed by atoms with van der Waals surface area (Å²) in [6.07, 6.45) is 11.9. The molecular weight excluding hydrogens is 475 g/mol. The van der Waals surface area contributed by atoms with Crippen LogP contribution in [-0.2, 0) is 0 Å². The third kappa shape index (κ3) is 9.92. The van der Waals surface area contributed by atoms with E-state index in [2.05, 4.69) is 40.0 Å². The molecule has 0 bridgehead atoms. The van der Waals surface area contributed by atoms with Crippen molar-refractivity contribution in [3.8, 4) is 5.75 Å². The van der Waals surface area contributed by atoms with Gasteiger partial charge in [0.05, 0.1) is 12.8 Å². The van der Waals surface area contributed by atoms with E-state index >= 15 is 0 Å². The molecule has 0 unspecified atom stereocenters. The van der Waals surface area contributed by atoms with Gasteiger partial charge in [-0.15, -0.1) is 0 Å². The number of benzene rings is 2. The molecule has 0 aliphatic carbocycles. The Morgan fingerprint density at radius 1 is 1.00 bits per heavy atom. The van der Waals surface area contributed by atoms with Crippen molar-refractivity contribution in [2.24, 2.45) is 5.10 Å². The Morgan fingerprint density at radius 2 is 1.69 bits per heavy atom. The van der Waals surface area contributed by atoms with Gasteiger partial charge in [0, 0.05) is 9.13 Å². The molecule has 0 atom stereocenters. The number of ether oxygens (including phenoxy) is 1. The number of amides is 1. The summed E-state index contributed by atoms with van der Waals surface area (Å²) < 4.78 is 6.90. The Morgan fingerprint density at radius 3 is 2.38 bits per heavy atom. The smallest absolute Gasteiger partial charge is 0.271 e. The Labute approximate surface area is 188 Å². The number of hydrazone groups is 1. The van der Waals surface area contributed by atoms with Crippen molar-refractivity contribution >= 4 is 34.7 Å². The molecule has 0 heterocycles. The average molecular weight is 506 g/mol. The zero-order valence-corrected chi connectivity index (χ0v) is 19.4. The largest absolute Gasteiger partial charge is 0.494 e. The molecule has 0 fully saturated rings. The van der Waals surface area contributed by atoms with Gasteiger partial charge in [-0.25, -0.2) is 5.43 Å². The van der Waals surface area contributed by atoms with Crippen LogP contribution in [0.3, 0.4) is 0 Å². The zero-order chi connectivity index (χ0) is 20.7. The van der Waals surface area contributed by atoms with E-state index in [1.807, 2.05) is 36.4 Å². The maximum Gasteiger partial charge on any atom is 0.271 e. The highest BCUT2D eigenvalue weighted by Gasteiger charge is 2.04. The van der Waals surface area contributed by atoms with Gasteiger partial charge in [0.15, 0.2) is 0 Å². The minimum Gasteiger partial charge on any atom is -0.494 e. The summed E-state index contributed by atoms with van der Waals surface area (Å²) in [5.74, 6) is 0.563. The number of hydrogen-bond acceptors (Lipinski definition) is 3. The zero-order valence-electron chi connectivity index (χ0n) is 17.2. The van der Waals surface area contributed by atoms with Crippen LogP contribution in [0.2, 0.25) is 0 Å². The van der Waals surface area contributed by atoms with Crippen molar-refractivity contribution in [2.45, 2.75) is 58.3 Å². The summed E-state index contributed by atoms with van der Waals surface area (Å²) >= 11 is 2.24. The van der Waals surface area contributed by atoms with Crippen LogP contribution >= 0.6 is 22.6 Å². The number of rotatable bonds is 13. The van der Waals surface area contributed by atoms with Gasteiger partial charge in [0.1, 0.15) is 5.75 Å². The molecule has 0 spiro atoms. The lowest BCUT2D eigenvalue weighted by molar-refractivity contribution is 0.0955. The average Bonchev–Trinajstić information content (AvgIpc) is 2.73. The van der Waals surface area contributed by atoms with E-state index in [0.29, 0.717) is 5.56 Å². The number of nitrogens with one attached hydrogen (secondary N) is 1. The summed E-state index contributed by atoms with van der Waals surface area (Å²) in [6.45, 7) is 2.97. The second kappa shape index (κ2) is 14.1. The van der Waals surface area contributed by atoms with Crippen molar-refractivity contribution in [1.29, 1.82) is 0 Å². The van der Waals surface area contributed by atoms with Crippen LogP contribution in [0.5, 0.6) is 5.75 Å². The van der Waals surface area contributed by atoms with E-state index in [0.717, 1.165) is 27.9 Å². The number of halogens is 1. The van der Waals surface area contributed by atoms with E-state index < -0.39 is 0 Å². The predicted octanol–water partition coefficient (Wildman–Crippen LogP) is 6.57. The fraction of sp³-hybridized carbons (Fsp3) is 0.417. The first-order valence-corrected chi connectivity index (χ1v) is 11.6. The molecule has 29 heavy (non-hydrogen) atoms. The molecule has 156 valence electrons. The molecule has 0 aliphatic heterocycles. The summed E-state index contributed by atoms with van der Waals surface area (Å²) in [4.78, 5) is 12.2. The van der Waals surface area contributed by atoms with Crippen LogP contribution in [0.1, 0.15) is 74.2 Å². The van der Waals surface area contributed by atoms with E-state index in [4.69, 9.17) is 4.74 Å². The first-order valence-electron chi connectivity index (χ1n) is 10.5.